The van der Waals surface area contributed by atoms with E-state index in [1.165, 1.54) is 19.2 Å². The van der Waals surface area contributed by atoms with Crippen molar-refractivity contribution in [1.29, 1.82) is 0 Å². The van der Waals surface area contributed by atoms with Crippen molar-refractivity contribution in [3.8, 4) is 5.75 Å². The first-order valence-corrected chi connectivity index (χ1v) is 5.49. The van der Waals surface area contributed by atoms with Crippen molar-refractivity contribution in [2.24, 2.45) is 11.7 Å². The molecule has 1 fully saturated rings. The van der Waals surface area contributed by atoms with Crippen LogP contribution in [0.3, 0.4) is 0 Å². The van der Waals surface area contributed by atoms with Gasteiger partial charge in [0, 0.05) is 24.7 Å². The summed E-state index contributed by atoms with van der Waals surface area (Å²) in [6.45, 7) is 1.03. The summed E-state index contributed by atoms with van der Waals surface area (Å²) in [7, 11) is 1.41. The van der Waals surface area contributed by atoms with Gasteiger partial charge in [-0.15, -0.1) is 0 Å². The number of benzene rings is 1. The van der Waals surface area contributed by atoms with Crippen LogP contribution in [0.25, 0.3) is 0 Å². The monoisotopic (exact) mass is 238 g/mol. The highest BCUT2D eigenvalue weighted by Crippen LogP contribution is 2.28. The molecule has 92 valence electrons. The summed E-state index contributed by atoms with van der Waals surface area (Å²) in [5, 5.41) is 0. The maximum absolute atomic E-state index is 13.5. The van der Waals surface area contributed by atoms with Crippen LogP contribution < -0.4 is 15.4 Å². The molecule has 1 unspecified atom stereocenters. The molecular formula is C12H15FN2O2. The zero-order valence-electron chi connectivity index (χ0n) is 9.65. The smallest absolute Gasteiger partial charge is 0.227 e. The second-order valence-electron chi connectivity index (χ2n) is 4.13. The highest BCUT2D eigenvalue weighted by molar-refractivity contribution is 5.95. The lowest BCUT2D eigenvalue weighted by molar-refractivity contribution is -0.117. The molecule has 17 heavy (non-hydrogen) atoms. The zero-order chi connectivity index (χ0) is 12.4. The molecule has 1 aromatic rings. The summed E-state index contributed by atoms with van der Waals surface area (Å²) in [6.07, 6.45) is 0.435. The molecule has 0 radical (unpaired) electrons. The van der Waals surface area contributed by atoms with E-state index in [-0.39, 0.29) is 17.6 Å². The Labute approximate surface area is 99.2 Å². The van der Waals surface area contributed by atoms with Crippen LogP contribution in [0.4, 0.5) is 10.1 Å². The Hall–Kier alpha value is -1.62. The van der Waals surface area contributed by atoms with Crippen LogP contribution in [-0.2, 0) is 4.79 Å². The fourth-order valence-corrected chi connectivity index (χ4v) is 2.01. The number of amides is 1. The van der Waals surface area contributed by atoms with Gasteiger partial charge in [-0.3, -0.25) is 4.79 Å². The van der Waals surface area contributed by atoms with E-state index >= 15 is 0 Å². The van der Waals surface area contributed by atoms with Crippen LogP contribution in [0.5, 0.6) is 5.75 Å². The standard InChI is InChI=1S/C12H15FN2O2/c1-17-11-3-2-9(5-10(11)13)15-7-8(6-14)4-12(15)16/h2-3,5,8H,4,6-7,14H2,1H3. The minimum absolute atomic E-state index is 0.00924. The Bertz CT molecular complexity index is 437. The molecule has 4 nitrogen and oxygen atoms in total. The number of anilines is 1. The van der Waals surface area contributed by atoms with Gasteiger partial charge >= 0.3 is 0 Å². The molecule has 2 rings (SSSR count). The lowest BCUT2D eigenvalue weighted by atomic mass is 10.1. The van der Waals surface area contributed by atoms with Gasteiger partial charge < -0.3 is 15.4 Å². The van der Waals surface area contributed by atoms with Crippen LogP contribution in [0, 0.1) is 11.7 Å². The Kier molecular flexibility index (Phi) is 3.28. The van der Waals surface area contributed by atoms with Crippen LogP contribution >= 0.6 is 0 Å². The number of carbonyl (C=O) groups excluding carboxylic acids is 1. The lowest BCUT2D eigenvalue weighted by Crippen LogP contribution is -2.25. The molecular weight excluding hydrogens is 223 g/mol. The molecule has 1 aliphatic heterocycles. The predicted octanol–water partition coefficient (Wildman–Crippen LogP) is 1.15. The van der Waals surface area contributed by atoms with E-state index < -0.39 is 5.82 Å². The van der Waals surface area contributed by atoms with Gasteiger partial charge in [-0.1, -0.05) is 0 Å². The number of hydrogen-bond acceptors (Lipinski definition) is 3. The van der Waals surface area contributed by atoms with Crippen LogP contribution in [0.2, 0.25) is 0 Å². The third-order valence-electron chi connectivity index (χ3n) is 2.99. The van der Waals surface area contributed by atoms with Crippen molar-refractivity contribution in [2.45, 2.75) is 6.42 Å². The van der Waals surface area contributed by atoms with E-state index in [1.54, 1.807) is 11.0 Å². The number of rotatable bonds is 3. The van der Waals surface area contributed by atoms with Gasteiger partial charge in [0.25, 0.3) is 0 Å². The van der Waals surface area contributed by atoms with Crippen molar-refractivity contribution in [3.05, 3.63) is 24.0 Å². The molecule has 1 saturated heterocycles. The van der Waals surface area contributed by atoms with Crippen molar-refractivity contribution in [1.82, 2.24) is 0 Å². The average molecular weight is 238 g/mol. The SMILES string of the molecule is COc1ccc(N2CC(CN)CC2=O)cc1F. The van der Waals surface area contributed by atoms with E-state index in [4.69, 9.17) is 10.5 Å². The Balaban J connectivity index is 2.23. The van der Waals surface area contributed by atoms with Crippen molar-refractivity contribution >= 4 is 11.6 Å². The Morgan fingerprint density at radius 3 is 2.88 bits per heavy atom. The minimum atomic E-state index is -0.464. The number of nitrogens with zero attached hydrogens (tertiary/aromatic N) is 1. The zero-order valence-corrected chi connectivity index (χ0v) is 9.65. The molecule has 5 heteroatoms. The summed E-state index contributed by atoms with van der Waals surface area (Å²) in [5.74, 6) is -0.137. The predicted molar refractivity (Wildman–Crippen MR) is 62.5 cm³/mol. The third kappa shape index (κ3) is 2.24. The van der Waals surface area contributed by atoms with E-state index in [0.29, 0.717) is 25.2 Å². The molecule has 0 saturated carbocycles. The number of halogens is 1. The first kappa shape index (κ1) is 11.9. The van der Waals surface area contributed by atoms with Crippen molar-refractivity contribution in [2.75, 3.05) is 25.1 Å². The van der Waals surface area contributed by atoms with Crippen LogP contribution in [0.1, 0.15) is 6.42 Å². The third-order valence-corrected chi connectivity index (χ3v) is 2.99. The largest absolute Gasteiger partial charge is 0.494 e. The van der Waals surface area contributed by atoms with E-state index in [0.717, 1.165) is 0 Å². The number of ether oxygens (including phenoxy) is 1. The number of hydrogen-bond donors (Lipinski definition) is 1. The number of nitrogens with two attached hydrogens (primary N) is 1. The Morgan fingerprint density at radius 1 is 1.59 bits per heavy atom. The highest BCUT2D eigenvalue weighted by Gasteiger charge is 2.29. The first-order chi connectivity index (χ1) is 8.15. The molecule has 1 heterocycles. The number of methoxy groups -OCH3 is 1. The molecule has 0 aromatic heterocycles. The molecule has 0 bridgehead atoms. The Morgan fingerprint density at radius 2 is 2.35 bits per heavy atom. The first-order valence-electron chi connectivity index (χ1n) is 5.49. The average Bonchev–Trinajstić information content (AvgIpc) is 2.70. The summed E-state index contributed by atoms with van der Waals surface area (Å²) in [4.78, 5) is 13.3. The summed E-state index contributed by atoms with van der Waals surface area (Å²) in [5.41, 5.74) is 6.10. The van der Waals surface area contributed by atoms with Gasteiger partial charge in [-0.25, -0.2) is 4.39 Å². The van der Waals surface area contributed by atoms with Crippen molar-refractivity contribution in [3.63, 3.8) is 0 Å². The summed E-state index contributed by atoms with van der Waals surface area (Å²) >= 11 is 0. The van der Waals surface area contributed by atoms with Crippen molar-refractivity contribution < 1.29 is 13.9 Å². The molecule has 1 aliphatic rings. The molecule has 0 spiro atoms. The van der Waals surface area contributed by atoms with Gasteiger partial charge in [0.1, 0.15) is 0 Å². The molecule has 1 atom stereocenters. The van der Waals surface area contributed by atoms with Gasteiger partial charge in [-0.05, 0) is 24.6 Å². The van der Waals surface area contributed by atoms with E-state index in [9.17, 15) is 9.18 Å². The maximum Gasteiger partial charge on any atom is 0.227 e. The highest BCUT2D eigenvalue weighted by atomic mass is 19.1. The van der Waals surface area contributed by atoms with Gasteiger partial charge in [0.2, 0.25) is 5.91 Å². The van der Waals surface area contributed by atoms with Crippen LogP contribution in [0.15, 0.2) is 18.2 Å². The molecule has 1 amide bonds. The molecule has 0 aliphatic carbocycles. The van der Waals surface area contributed by atoms with Crippen LogP contribution in [-0.4, -0.2) is 26.1 Å². The molecule has 1 aromatic carbocycles. The fourth-order valence-electron chi connectivity index (χ4n) is 2.01. The summed E-state index contributed by atoms with van der Waals surface area (Å²) in [6, 6.07) is 4.52. The quantitative estimate of drug-likeness (QED) is 0.859. The maximum atomic E-state index is 13.5. The molecule has 2 N–H and O–H groups in total. The van der Waals surface area contributed by atoms with Gasteiger partial charge in [-0.2, -0.15) is 0 Å². The topological polar surface area (TPSA) is 55.6 Å². The van der Waals surface area contributed by atoms with E-state index in [1.807, 2.05) is 0 Å². The fraction of sp³-hybridized carbons (Fsp3) is 0.417. The second-order valence-corrected chi connectivity index (χ2v) is 4.13. The lowest BCUT2D eigenvalue weighted by Gasteiger charge is -2.17. The van der Waals surface area contributed by atoms with Gasteiger partial charge in [0.15, 0.2) is 11.6 Å². The second kappa shape index (κ2) is 4.71. The normalized spacial score (nSPS) is 19.8. The van der Waals surface area contributed by atoms with Gasteiger partial charge in [0.05, 0.1) is 7.11 Å². The number of carbonyl (C=O) groups is 1. The van der Waals surface area contributed by atoms with E-state index in [2.05, 4.69) is 0 Å². The summed E-state index contributed by atoms with van der Waals surface area (Å²) < 4.78 is 18.4. The minimum Gasteiger partial charge on any atom is -0.494 e.